The molecule has 1 aliphatic carbocycles. The summed E-state index contributed by atoms with van der Waals surface area (Å²) in [5.74, 6) is 0. The number of rotatable bonds is 5. The monoisotopic (exact) mass is 157 g/mol. The van der Waals surface area contributed by atoms with Crippen molar-refractivity contribution in [1.82, 2.24) is 4.90 Å². The Kier molecular flexibility index (Phi) is 2.90. The van der Waals surface area contributed by atoms with Gasteiger partial charge in [-0.25, -0.2) is 0 Å². The van der Waals surface area contributed by atoms with E-state index in [0.29, 0.717) is 0 Å². The highest BCUT2D eigenvalue weighted by Gasteiger charge is 2.38. The van der Waals surface area contributed by atoms with Crippen LogP contribution in [0.1, 0.15) is 32.1 Å². The van der Waals surface area contributed by atoms with Gasteiger partial charge in [0.05, 0.1) is 5.60 Å². The second-order valence-corrected chi connectivity index (χ2v) is 3.98. The summed E-state index contributed by atoms with van der Waals surface area (Å²) in [5, 5.41) is 9.48. The molecule has 2 heteroatoms. The van der Waals surface area contributed by atoms with Gasteiger partial charge in [0.15, 0.2) is 0 Å². The maximum atomic E-state index is 9.48. The zero-order valence-electron chi connectivity index (χ0n) is 7.64. The summed E-state index contributed by atoms with van der Waals surface area (Å²) in [4.78, 5) is 2.19. The quantitative estimate of drug-likeness (QED) is 0.607. The van der Waals surface area contributed by atoms with Gasteiger partial charge in [-0.15, -0.1) is 0 Å². The Labute approximate surface area is 69.2 Å². The van der Waals surface area contributed by atoms with E-state index in [1.165, 1.54) is 12.8 Å². The smallest absolute Gasteiger partial charge is 0.0650 e. The maximum absolute atomic E-state index is 9.48. The zero-order chi connectivity index (χ0) is 8.32. The molecule has 0 aromatic carbocycles. The van der Waals surface area contributed by atoms with Crippen LogP contribution >= 0.6 is 0 Å². The highest BCUT2D eigenvalue weighted by Crippen LogP contribution is 2.39. The Morgan fingerprint density at radius 1 is 1.27 bits per heavy atom. The van der Waals surface area contributed by atoms with Gasteiger partial charge in [-0.1, -0.05) is 0 Å². The van der Waals surface area contributed by atoms with Gasteiger partial charge in [-0.3, -0.25) is 0 Å². The average Bonchev–Trinajstić information content (AvgIpc) is 2.62. The van der Waals surface area contributed by atoms with Crippen molar-refractivity contribution in [1.29, 1.82) is 0 Å². The van der Waals surface area contributed by atoms with Crippen LogP contribution in [0.2, 0.25) is 0 Å². The van der Waals surface area contributed by atoms with Crippen LogP contribution in [0.25, 0.3) is 0 Å². The summed E-state index contributed by atoms with van der Waals surface area (Å²) in [7, 11) is 4.18. The lowest BCUT2D eigenvalue weighted by molar-refractivity contribution is 0.135. The highest BCUT2D eigenvalue weighted by atomic mass is 16.3. The van der Waals surface area contributed by atoms with Gasteiger partial charge >= 0.3 is 0 Å². The molecule has 1 aliphatic rings. The summed E-state index contributed by atoms with van der Waals surface area (Å²) in [6, 6.07) is 0. The maximum Gasteiger partial charge on any atom is 0.0650 e. The Hall–Kier alpha value is -0.0800. The van der Waals surface area contributed by atoms with Gasteiger partial charge in [0.1, 0.15) is 0 Å². The van der Waals surface area contributed by atoms with Crippen LogP contribution in [-0.2, 0) is 0 Å². The first kappa shape index (κ1) is 9.01. The molecule has 0 aromatic rings. The molecular weight excluding hydrogens is 138 g/mol. The van der Waals surface area contributed by atoms with Gasteiger partial charge < -0.3 is 10.0 Å². The van der Waals surface area contributed by atoms with Crippen LogP contribution in [0, 0.1) is 0 Å². The van der Waals surface area contributed by atoms with E-state index in [1.807, 2.05) is 0 Å². The highest BCUT2D eigenvalue weighted by molar-refractivity contribution is 4.92. The molecule has 0 radical (unpaired) electrons. The summed E-state index contributed by atoms with van der Waals surface area (Å²) in [6.07, 6.45) is 5.48. The molecular formula is C9H19NO. The molecule has 0 unspecified atom stereocenters. The third-order valence-corrected chi connectivity index (χ3v) is 2.32. The standard InChI is InChI=1S/C9H19NO/c1-10(2)8-4-3-5-9(11)6-7-9/h11H,3-8H2,1-2H3. The van der Waals surface area contributed by atoms with E-state index < -0.39 is 0 Å². The molecule has 1 rings (SSSR count). The second-order valence-electron chi connectivity index (χ2n) is 3.98. The molecule has 0 spiro atoms. The average molecular weight is 157 g/mol. The van der Waals surface area contributed by atoms with Crippen molar-refractivity contribution in [3.63, 3.8) is 0 Å². The van der Waals surface area contributed by atoms with E-state index in [4.69, 9.17) is 0 Å². The fourth-order valence-electron chi connectivity index (χ4n) is 1.28. The Morgan fingerprint density at radius 3 is 2.36 bits per heavy atom. The van der Waals surface area contributed by atoms with E-state index in [1.54, 1.807) is 0 Å². The minimum Gasteiger partial charge on any atom is -0.390 e. The summed E-state index contributed by atoms with van der Waals surface area (Å²) in [5.41, 5.74) is -0.230. The molecule has 0 aromatic heterocycles. The third-order valence-electron chi connectivity index (χ3n) is 2.32. The number of hydrogen-bond donors (Lipinski definition) is 1. The molecule has 0 atom stereocenters. The lowest BCUT2D eigenvalue weighted by Crippen LogP contribution is -2.14. The Morgan fingerprint density at radius 2 is 1.91 bits per heavy atom. The minimum absolute atomic E-state index is 0.230. The van der Waals surface area contributed by atoms with Crippen LogP contribution in [0.5, 0.6) is 0 Å². The van der Waals surface area contributed by atoms with Crippen LogP contribution in [0.3, 0.4) is 0 Å². The lowest BCUT2D eigenvalue weighted by Gasteiger charge is -2.10. The third kappa shape index (κ3) is 3.73. The van der Waals surface area contributed by atoms with E-state index in [9.17, 15) is 5.11 Å². The van der Waals surface area contributed by atoms with Crippen molar-refractivity contribution >= 4 is 0 Å². The van der Waals surface area contributed by atoms with Crippen molar-refractivity contribution < 1.29 is 5.11 Å². The van der Waals surface area contributed by atoms with Gasteiger partial charge in [-0.05, 0) is 52.7 Å². The van der Waals surface area contributed by atoms with E-state index in [-0.39, 0.29) is 5.60 Å². The van der Waals surface area contributed by atoms with E-state index in [2.05, 4.69) is 19.0 Å². The van der Waals surface area contributed by atoms with Gasteiger partial charge in [0, 0.05) is 0 Å². The van der Waals surface area contributed by atoms with Crippen molar-refractivity contribution in [2.45, 2.75) is 37.7 Å². The predicted molar refractivity (Wildman–Crippen MR) is 46.6 cm³/mol. The molecule has 0 aliphatic heterocycles. The van der Waals surface area contributed by atoms with Crippen molar-refractivity contribution in [2.24, 2.45) is 0 Å². The first-order valence-electron chi connectivity index (χ1n) is 4.49. The SMILES string of the molecule is CN(C)CCCCC1(O)CC1. The summed E-state index contributed by atoms with van der Waals surface area (Å²) >= 11 is 0. The number of unbranched alkanes of at least 4 members (excludes halogenated alkanes) is 1. The van der Waals surface area contributed by atoms with Crippen molar-refractivity contribution in [3.8, 4) is 0 Å². The summed E-state index contributed by atoms with van der Waals surface area (Å²) in [6.45, 7) is 1.15. The van der Waals surface area contributed by atoms with Crippen molar-refractivity contribution in [3.05, 3.63) is 0 Å². The normalized spacial score (nSPS) is 20.7. The fourth-order valence-corrected chi connectivity index (χ4v) is 1.28. The fraction of sp³-hybridized carbons (Fsp3) is 1.00. The lowest BCUT2D eigenvalue weighted by atomic mass is 10.1. The van der Waals surface area contributed by atoms with Gasteiger partial charge in [-0.2, -0.15) is 0 Å². The number of nitrogens with zero attached hydrogens (tertiary/aromatic N) is 1. The van der Waals surface area contributed by atoms with Crippen LogP contribution < -0.4 is 0 Å². The largest absolute Gasteiger partial charge is 0.390 e. The predicted octanol–water partition coefficient (Wildman–Crippen LogP) is 1.24. The minimum atomic E-state index is -0.230. The number of aliphatic hydroxyl groups is 1. The van der Waals surface area contributed by atoms with Crippen LogP contribution in [-0.4, -0.2) is 36.2 Å². The van der Waals surface area contributed by atoms with Crippen LogP contribution in [0.4, 0.5) is 0 Å². The molecule has 0 bridgehead atoms. The van der Waals surface area contributed by atoms with Gasteiger partial charge in [0.2, 0.25) is 0 Å². The molecule has 11 heavy (non-hydrogen) atoms. The van der Waals surface area contributed by atoms with Crippen LogP contribution in [0.15, 0.2) is 0 Å². The molecule has 2 nitrogen and oxygen atoms in total. The molecule has 0 amide bonds. The second kappa shape index (κ2) is 3.55. The molecule has 66 valence electrons. The molecule has 0 saturated heterocycles. The molecule has 1 saturated carbocycles. The first-order chi connectivity index (χ1) is 5.12. The Balaban J connectivity index is 1.88. The number of hydrogen-bond acceptors (Lipinski definition) is 2. The molecule has 0 heterocycles. The molecule has 1 fully saturated rings. The molecule has 1 N–H and O–H groups in total. The summed E-state index contributed by atoms with van der Waals surface area (Å²) < 4.78 is 0. The first-order valence-corrected chi connectivity index (χ1v) is 4.49. The van der Waals surface area contributed by atoms with Crippen molar-refractivity contribution in [2.75, 3.05) is 20.6 Å². The van der Waals surface area contributed by atoms with E-state index >= 15 is 0 Å². The Bertz CT molecular complexity index is 119. The zero-order valence-corrected chi connectivity index (χ0v) is 7.64. The topological polar surface area (TPSA) is 23.5 Å². The van der Waals surface area contributed by atoms with E-state index in [0.717, 1.165) is 25.8 Å². The van der Waals surface area contributed by atoms with Gasteiger partial charge in [0.25, 0.3) is 0 Å².